The molecule has 0 spiro atoms. The lowest BCUT2D eigenvalue weighted by molar-refractivity contribution is -0.137. The second-order valence-electron chi connectivity index (χ2n) is 4.77. The lowest BCUT2D eigenvalue weighted by atomic mass is 10.1. The largest absolute Gasteiger partial charge is 0.416 e. The van der Waals surface area contributed by atoms with Gasteiger partial charge in [-0.15, -0.1) is 0 Å². The summed E-state index contributed by atoms with van der Waals surface area (Å²) in [6, 6.07) is 2.70. The van der Waals surface area contributed by atoms with E-state index in [1.807, 2.05) is 0 Å². The van der Waals surface area contributed by atoms with Crippen LogP contribution in [0.5, 0.6) is 0 Å². The van der Waals surface area contributed by atoms with E-state index in [0.717, 1.165) is 18.2 Å². The molecule has 0 aliphatic carbocycles. The maximum atomic E-state index is 12.5. The summed E-state index contributed by atoms with van der Waals surface area (Å²) < 4.78 is 37.5. The first-order chi connectivity index (χ1) is 9.77. The molecule has 1 saturated heterocycles. The van der Waals surface area contributed by atoms with Crippen molar-refractivity contribution in [1.82, 2.24) is 4.90 Å². The highest BCUT2D eigenvalue weighted by Crippen LogP contribution is 2.32. The number of hydrogen-bond donors (Lipinski definition) is 2. The van der Waals surface area contributed by atoms with Crippen molar-refractivity contribution < 1.29 is 22.8 Å². The fourth-order valence-electron chi connectivity index (χ4n) is 2.09. The van der Waals surface area contributed by atoms with E-state index >= 15 is 0 Å². The van der Waals surface area contributed by atoms with Gasteiger partial charge in [0.1, 0.15) is 0 Å². The summed E-state index contributed by atoms with van der Waals surface area (Å²) in [5.74, 6) is -0.595. The molecule has 0 aromatic heterocycles. The number of amides is 2. The highest BCUT2D eigenvalue weighted by molar-refractivity contribution is 5.97. The molecule has 1 aliphatic rings. The minimum atomic E-state index is -4.49. The standard InChI is InChI=1S/C13H14F3N3O2/c14-13(15,16)8-3-4-10(9(17)6-8)18-11(20)7-19-5-1-2-12(19)21/h3-4,6H,1-2,5,7,17H2,(H,18,20). The second kappa shape index (κ2) is 5.63. The molecular formula is C13H14F3N3O2. The van der Waals surface area contributed by atoms with Crippen LogP contribution in [-0.2, 0) is 15.8 Å². The van der Waals surface area contributed by atoms with Crippen LogP contribution >= 0.6 is 0 Å². The topological polar surface area (TPSA) is 75.4 Å². The average molecular weight is 301 g/mol. The number of anilines is 2. The van der Waals surface area contributed by atoms with E-state index in [1.165, 1.54) is 4.90 Å². The first-order valence-electron chi connectivity index (χ1n) is 6.32. The normalized spacial score (nSPS) is 15.4. The van der Waals surface area contributed by atoms with Crippen LogP contribution in [0.1, 0.15) is 18.4 Å². The molecule has 1 fully saturated rings. The number of carbonyl (C=O) groups is 2. The molecule has 3 N–H and O–H groups in total. The van der Waals surface area contributed by atoms with Gasteiger partial charge in [0.2, 0.25) is 11.8 Å². The van der Waals surface area contributed by atoms with Gasteiger partial charge in [0.15, 0.2) is 0 Å². The quantitative estimate of drug-likeness (QED) is 0.837. The summed E-state index contributed by atoms with van der Waals surface area (Å²) in [4.78, 5) is 24.5. The number of benzene rings is 1. The van der Waals surface area contributed by atoms with Crippen molar-refractivity contribution in [2.75, 3.05) is 24.1 Å². The van der Waals surface area contributed by atoms with Crippen molar-refractivity contribution in [3.05, 3.63) is 23.8 Å². The number of alkyl halides is 3. The molecule has 1 aromatic rings. The Bertz CT molecular complexity index is 572. The fourth-order valence-corrected chi connectivity index (χ4v) is 2.09. The Labute approximate surface area is 118 Å². The van der Waals surface area contributed by atoms with E-state index in [0.29, 0.717) is 19.4 Å². The molecule has 2 amide bonds. The number of halogens is 3. The number of nitrogens with two attached hydrogens (primary N) is 1. The second-order valence-corrected chi connectivity index (χ2v) is 4.77. The summed E-state index contributed by atoms with van der Waals surface area (Å²) in [7, 11) is 0. The van der Waals surface area contributed by atoms with Crippen LogP contribution < -0.4 is 11.1 Å². The zero-order valence-corrected chi connectivity index (χ0v) is 11.0. The van der Waals surface area contributed by atoms with Gasteiger partial charge in [0.25, 0.3) is 0 Å². The van der Waals surface area contributed by atoms with Gasteiger partial charge in [-0.3, -0.25) is 9.59 Å². The van der Waals surface area contributed by atoms with E-state index in [9.17, 15) is 22.8 Å². The van der Waals surface area contributed by atoms with Gasteiger partial charge in [-0.05, 0) is 24.6 Å². The number of nitrogen functional groups attached to an aromatic ring is 1. The zero-order chi connectivity index (χ0) is 15.6. The van der Waals surface area contributed by atoms with Crippen LogP contribution in [-0.4, -0.2) is 29.8 Å². The van der Waals surface area contributed by atoms with Crippen molar-refractivity contribution in [3.63, 3.8) is 0 Å². The third-order valence-corrected chi connectivity index (χ3v) is 3.16. The minimum Gasteiger partial charge on any atom is -0.397 e. The molecule has 0 unspecified atom stereocenters. The Morgan fingerprint density at radius 1 is 1.38 bits per heavy atom. The number of nitrogens with zero attached hydrogens (tertiary/aromatic N) is 1. The van der Waals surface area contributed by atoms with E-state index in [-0.39, 0.29) is 23.8 Å². The first-order valence-corrected chi connectivity index (χ1v) is 6.32. The van der Waals surface area contributed by atoms with Crippen molar-refractivity contribution >= 4 is 23.2 Å². The van der Waals surface area contributed by atoms with Gasteiger partial charge in [0, 0.05) is 13.0 Å². The maximum Gasteiger partial charge on any atom is 0.416 e. The van der Waals surface area contributed by atoms with Gasteiger partial charge in [-0.1, -0.05) is 0 Å². The summed E-state index contributed by atoms with van der Waals surface area (Å²) in [6.45, 7) is 0.383. The molecule has 1 aliphatic heterocycles. The van der Waals surface area contributed by atoms with Crippen LogP contribution in [0.25, 0.3) is 0 Å². The van der Waals surface area contributed by atoms with E-state index in [4.69, 9.17) is 5.73 Å². The minimum absolute atomic E-state index is 0.0969. The molecule has 0 saturated carbocycles. The van der Waals surface area contributed by atoms with Crippen LogP contribution in [0.15, 0.2) is 18.2 Å². The Hall–Kier alpha value is -2.25. The number of carbonyl (C=O) groups excluding carboxylic acids is 2. The number of nitrogens with one attached hydrogen (secondary N) is 1. The Balaban J connectivity index is 2.02. The van der Waals surface area contributed by atoms with Crippen LogP contribution in [0.2, 0.25) is 0 Å². The third kappa shape index (κ3) is 3.65. The molecule has 0 bridgehead atoms. The molecule has 114 valence electrons. The molecule has 0 radical (unpaired) electrons. The fraction of sp³-hybridized carbons (Fsp3) is 0.385. The third-order valence-electron chi connectivity index (χ3n) is 3.16. The summed E-state index contributed by atoms with van der Waals surface area (Å²) in [5, 5.41) is 2.41. The highest BCUT2D eigenvalue weighted by atomic mass is 19.4. The number of rotatable bonds is 3. The Morgan fingerprint density at radius 2 is 2.10 bits per heavy atom. The van der Waals surface area contributed by atoms with Gasteiger partial charge in [0.05, 0.1) is 23.5 Å². The molecular weight excluding hydrogens is 287 g/mol. The Kier molecular flexibility index (Phi) is 4.06. The zero-order valence-electron chi connectivity index (χ0n) is 11.0. The average Bonchev–Trinajstić information content (AvgIpc) is 2.76. The van der Waals surface area contributed by atoms with Crippen LogP contribution in [0.3, 0.4) is 0 Å². The van der Waals surface area contributed by atoms with Crippen LogP contribution in [0.4, 0.5) is 24.5 Å². The lowest BCUT2D eigenvalue weighted by Crippen LogP contribution is -2.34. The molecule has 0 atom stereocenters. The Morgan fingerprint density at radius 3 is 2.62 bits per heavy atom. The van der Waals surface area contributed by atoms with E-state index < -0.39 is 17.6 Å². The van der Waals surface area contributed by atoms with Crippen molar-refractivity contribution in [2.45, 2.75) is 19.0 Å². The maximum absolute atomic E-state index is 12.5. The molecule has 5 nitrogen and oxygen atoms in total. The van der Waals surface area contributed by atoms with Crippen LogP contribution in [0, 0.1) is 0 Å². The molecule has 8 heteroatoms. The monoisotopic (exact) mass is 301 g/mol. The molecule has 21 heavy (non-hydrogen) atoms. The van der Waals surface area contributed by atoms with Gasteiger partial charge in [-0.2, -0.15) is 13.2 Å². The predicted molar refractivity (Wildman–Crippen MR) is 70.3 cm³/mol. The number of likely N-dealkylation sites (tertiary alicyclic amines) is 1. The smallest absolute Gasteiger partial charge is 0.397 e. The van der Waals surface area contributed by atoms with Gasteiger partial charge < -0.3 is 16.0 Å². The first kappa shape index (κ1) is 15.1. The number of hydrogen-bond acceptors (Lipinski definition) is 3. The SMILES string of the molecule is Nc1cc(C(F)(F)F)ccc1NC(=O)CN1CCCC1=O. The molecule has 2 rings (SSSR count). The van der Waals surface area contributed by atoms with Crippen molar-refractivity contribution in [3.8, 4) is 0 Å². The molecule has 1 heterocycles. The van der Waals surface area contributed by atoms with E-state index in [1.54, 1.807) is 0 Å². The predicted octanol–water partition coefficient (Wildman–Crippen LogP) is 1.85. The lowest BCUT2D eigenvalue weighted by Gasteiger charge is -2.16. The van der Waals surface area contributed by atoms with E-state index in [2.05, 4.69) is 5.32 Å². The van der Waals surface area contributed by atoms with Gasteiger partial charge in [-0.25, -0.2) is 0 Å². The van der Waals surface area contributed by atoms with Crippen molar-refractivity contribution in [2.24, 2.45) is 0 Å². The summed E-state index contributed by atoms with van der Waals surface area (Å²) in [5.41, 5.74) is 4.55. The van der Waals surface area contributed by atoms with Gasteiger partial charge >= 0.3 is 6.18 Å². The van der Waals surface area contributed by atoms with Crippen molar-refractivity contribution in [1.29, 1.82) is 0 Å². The molecule has 1 aromatic carbocycles. The summed E-state index contributed by atoms with van der Waals surface area (Å²) in [6.07, 6.45) is -3.37. The highest BCUT2D eigenvalue weighted by Gasteiger charge is 2.31. The summed E-state index contributed by atoms with van der Waals surface area (Å²) >= 11 is 0.